The maximum atomic E-state index is 9.48. The number of aryl methyl sites for hydroxylation is 1. The van der Waals surface area contributed by atoms with Gasteiger partial charge in [-0.05, 0) is 42.3 Å². The van der Waals surface area contributed by atoms with Crippen molar-refractivity contribution in [3.8, 4) is 17.2 Å². The average Bonchev–Trinajstić information content (AvgIpc) is 2.40. The van der Waals surface area contributed by atoms with Gasteiger partial charge in [0.2, 0.25) is 0 Å². The molecule has 4 nitrogen and oxygen atoms in total. The minimum absolute atomic E-state index is 0.119. The van der Waals surface area contributed by atoms with Gasteiger partial charge in [0.05, 0.1) is 12.8 Å². The van der Waals surface area contributed by atoms with Crippen molar-refractivity contribution < 1.29 is 14.9 Å². The first kappa shape index (κ1) is 14.5. The molecule has 0 radical (unpaired) electrons. The highest BCUT2D eigenvalue weighted by atomic mass is 79.9. The number of phenols is 2. The van der Waals surface area contributed by atoms with Gasteiger partial charge < -0.3 is 20.3 Å². The number of ether oxygens (including phenoxy) is 1. The molecule has 0 heterocycles. The molecule has 0 fully saturated rings. The first-order chi connectivity index (χ1) is 9.51. The highest BCUT2D eigenvalue weighted by molar-refractivity contribution is 9.10. The predicted molar refractivity (Wildman–Crippen MR) is 82.5 cm³/mol. The third-order valence-electron chi connectivity index (χ3n) is 2.99. The third kappa shape index (κ3) is 3.17. The van der Waals surface area contributed by atoms with Crippen LogP contribution in [0, 0.1) is 6.92 Å². The molecule has 0 spiro atoms. The smallest absolute Gasteiger partial charge is 0.157 e. The van der Waals surface area contributed by atoms with Crippen molar-refractivity contribution in [1.29, 1.82) is 0 Å². The van der Waals surface area contributed by atoms with Gasteiger partial charge in [-0.15, -0.1) is 0 Å². The molecule has 2 rings (SSSR count). The van der Waals surface area contributed by atoms with Crippen LogP contribution in [-0.4, -0.2) is 17.3 Å². The minimum Gasteiger partial charge on any atom is -0.504 e. The Hall–Kier alpha value is -1.88. The first-order valence-corrected chi connectivity index (χ1v) is 6.89. The van der Waals surface area contributed by atoms with Crippen LogP contribution in [0.15, 0.2) is 34.8 Å². The number of phenolic OH excluding ortho intramolecular Hbond substituents is 2. The third-order valence-corrected chi connectivity index (χ3v) is 3.45. The largest absolute Gasteiger partial charge is 0.504 e. The normalized spacial score (nSPS) is 10.3. The summed E-state index contributed by atoms with van der Waals surface area (Å²) in [6.45, 7) is 2.51. The number of benzene rings is 2. The zero-order chi connectivity index (χ0) is 14.7. The summed E-state index contributed by atoms with van der Waals surface area (Å²) in [6.07, 6.45) is 0. The van der Waals surface area contributed by atoms with E-state index in [1.165, 1.54) is 12.1 Å². The Bertz CT molecular complexity index is 629. The van der Waals surface area contributed by atoms with E-state index >= 15 is 0 Å². The lowest BCUT2D eigenvalue weighted by atomic mass is 10.1. The molecular weight excluding hydrogens is 322 g/mol. The number of aromatic hydroxyl groups is 2. The molecular formula is C15H16BrNO3. The van der Waals surface area contributed by atoms with Crippen molar-refractivity contribution in [2.75, 3.05) is 12.4 Å². The lowest BCUT2D eigenvalue weighted by Gasteiger charge is -2.15. The van der Waals surface area contributed by atoms with Gasteiger partial charge >= 0.3 is 0 Å². The van der Waals surface area contributed by atoms with Gasteiger partial charge in [-0.2, -0.15) is 0 Å². The van der Waals surface area contributed by atoms with E-state index < -0.39 is 0 Å². The molecule has 5 heteroatoms. The molecule has 2 aromatic rings. The zero-order valence-corrected chi connectivity index (χ0v) is 12.9. The SMILES string of the molecule is COc1cc(Br)cc(C)c1NCc1ccc(O)c(O)c1. The van der Waals surface area contributed by atoms with Gasteiger partial charge in [-0.3, -0.25) is 0 Å². The van der Waals surface area contributed by atoms with E-state index in [0.29, 0.717) is 6.54 Å². The molecule has 0 aliphatic rings. The Balaban J connectivity index is 2.20. The molecule has 0 bridgehead atoms. The highest BCUT2D eigenvalue weighted by Gasteiger charge is 2.08. The monoisotopic (exact) mass is 337 g/mol. The van der Waals surface area contributed by atoms with Gasteiger partial charge in [0.1, 0.15) is 5.75 Å². The number of hydrogen-bond acceptors (Lipinski definition) is 4. The number of hydrogen-bond donors (Lipinski definition) is 3. The summed E-state index contributed by atoms with van der Waals surface area (Å²) in [5, 5.41) is 22.1. The fourth-order valence-corrected chi connectivity index (χ4v) is 2.52. The number of rotatable bonds is 4. The van der Waals surface area contributed by atoms with Crippen LogP contribution in [0.2, 0.25) is 0 Å². The topological polar surface area (TPSA) is 61.7 Å². The average molecular weight is 338 g/mol. The van der Waals surface area contributed by atoms with E-state index in [9.17, 15) is 10.2 Å². The standard InChI is InChI=1S/C15H16BrNO3/c1-9-5-11(16)7-14(20-2)15(9)17-8-10-3-4-12(18)13(19)6-10/h3-7,17-19H,8H2,1-2H3. The summed E-state index contributed by atoms with van der Waals surface area (Å²) in [5.74, 6) is 0.509. The van der Waals surface area contributed by atoms with Crippen LogP contribution in [0.5, 0.6) is 17.2 Å². The second-order valence-corrected chi connectivity index (χ2v) is 5.39. The molecule has 0 amide bonds. The van der Waals surface area contributed by atoms with E-state index in [2.05, 4.69) is 21.2 Å². The molecule has 0 atom stereocenters. The van der Waals surface area contributed by atoms with Crippen molar-refractivity contribution in [2.24, 2.45) is 0 Å². The molecule has 3 N–H and O–H groups in total. The Morgan fingerprint density at radius 2 is 1.90 bits per heavy atom. The van der Waals surface area contributed by atoms with Crippen LogP contribution < -0.4 is 10.1 Å². The fraction of sp³-hybridized carbons (Fsp3) is 0.200. The molecule has 0 saturated heterocycles. The summed E-state index contributed by atoms with van der Waals surface area (Å²) in [4.78, 5) is 0. The number of anilines is 1. The van der Waals surface area contributed by atoms with Crippen molar-refractivity contribution in [3.05, 3.63) is 45.9 Å². The van der Waals surface area contributed by atoms with Crippen LogP contribution in [0.3, 0.4) is 0 Å². The van der Waals surface area contributed by atoms with Gasteiger partial charge in [0.15, 0.2) is 11.5 Å². The van der Waals surface area contributed by atoms with Crippen LogP contribution in [-0.2, 0) is 6.54 Å². The predicted octanol–water partition coefficient (Wildman–Crippen LogP) is 3.79. The zero-order valence-electron chi connectivity index (χ0n) is 11.3. The molecule has 0 saturated carbocycles. The molecule has 0 aliphatic carbocycles. The molecule has 2 aromatic carbocycles. The number of halogens is 1. The Kier molecular flexibility index (Phi) is 4.39. The van der Waals surface area contributed by atoms with Crippen LogP contribution in [0.4, 0.5) is 5.69 Å². The van der Waals surface area contributed by atoms with Gasteiger partial charge in [-0.25, -0.2) is 0 Å². The minimum atomic E-state index is -0.121. The highest BCUT2D eigenvalue weighted by Crippen LogP contribution is 2.33. The summed E-state index contributed by atoms with van der Waals surface area (Å²) >= 11 is 3.43. The van der Waals surface area contributed by atoms with E-state index in [1.807, 2.05) is 19.1 Å². The molecule has 0 unspecified atom stereocenters. The number of nitrogens with one attached hydrogen (secondary N) is 1. The second-order valence-electron chi connectivity index (χ2n) is 4.48. The lowest BCUT2D eigenvalue weighted by Crippen LogP contribution is -2.03. The van der Waals surface area contributed by atoms with Gasteiger partial charge in [-0.1, -0.05) is 22.0 Å². The van der Waals surface area contributed by atoms with Gasteiger partial charge in [0, 0.05) is 11.0 Å². The maximum absolute atomic E-state index is 9.48. The Morgan fingerprint density at radius 1 is 1.15 bits per heavy atom. The van der Waals surface area contributed by atoms with E-state index in [-0.39, 0.29) is 11.5 Å². The van der Waals surface area contributed by atoms with Crippen LogP contribution in [0.25, 0.3) is 0 Å². The van der Waals surface area contributed by atoms with E-state index in [1.54, 1.807) is 13.2 Å². The first-order valence-electron chi connectivity index (χ1n) is 6.10. The Labute approximate surface area is 126 Å². The second kappa shape index (κ2) is 6.05. The summed E-state index contributed by atoms with van der Waals surface area (Å²) < 4.78 is 6.31. The Morgan fingerprint density at radius 3 is 2.55 bits per heavy atom. The fourth-order valence-electron chi connectivity index (χ4n) is 1.97. The molecule has 0 aromatic heterocycles. The number of methoxy groups -OCH3 is 1. The maximum Gasteiger partial charge on any atom is 0.157 e. The van der Waals surface area contributed by atoms with E-state index in [4.69, 9.17) is 4.74 Å². The molecule has 106 valence electrons. The lowest BCUT2D eigenvalue weighted by molar-refractivity contribution is 0.403. The van der Waals surface area contributed by atoms with Crippen molar-refractivity contribution in [3.63, 3.8) is 0 Å². The summed E-state index contributed by atoms with van der Waals surface area (Å²) in [6, 6.07) is 8.65. The van der Waals surface area contributed by atoms with Crippen LogP contribution >= 0.6 is 15.9 Å². The molecule has 0 aliphatic heterocycles. The van der Waals surface area contributed by atoms with Crippen molar-refractivity contribution in [2.45, 2.75) is 13.5 Å². The van der Waals surface area contributed by atoms with E-state index in [0.717, 1.165) is 27.0 Å². The quantitative estimate of drug-likeness (QED) is 0.743. The summed E-state index contributed by atoms with van der Waals surface area (Å²) in [7, 11) is 1.62. The van der Waals surface area contributed by atoms with Crippen LogP contribution in [0.1, 0.15) is 11.1 Å². The van der Waals surface area contributed by atoms with Crippen molar-refractivity contribution >= 4 is 21.6 Å². The summed E-state index contributed by atoms with van der Waals surface area (Å²) in [5.41, 5.74) is 2.83. The van der Waals surface area contributed by atoms with Crippen molar-refractivity contribution in [1.82, 2.24) is 0 Å². The van der Waals surface area contributed by atoms with Gasteiger partial charge in [0.25, 0.3) is 0 Å². The molecule has 20 heavy (non-hydrogen) atoms.